The van der Waals surface area contributed by atoms with E-state index in [-0.39, 0.29) is 23.8 Å². The van der Waals surface area contributed by atoms with E-state index in [1.807, 2.05) is 27.7 Å². The van der Waals surface area contributed by atoms with E-state index in [1.165, 1.54) is 0 Å². The third kappa shape index (κ3) is 3.65. The van der Waals surface area contributed by atoms with Crippen molar-refractivity contribution in [1.29, 1.82) is 0 Å². The van der Waals surface area contributed by atoms with Gasteiger partial charge < -0.3 is 10.2 Å². The van der Waals surface area contributed by atoms with E-state index in [4.69, 9.17) is 6.85 Å². The predicted octanol–water partition coefficient (Wildman–Crippen LogP) is 6.36. The molecule has 0 aromatic rings. The molecular formula is C27H46O2. The minimum atomic E-state index is -2.25. The van der Waals surface area contributed by atoms with Crippen LogP contribution < -0.4 is 0 Å². The topological polar surface area (TPSA) is 40.5 Å². The molecule has 2 heteroatoms. The number of aliphatic hydroxyl groups is 2. The second kappa shape index (κ2) is 7.97. The van der Waals surface area contributed by atoms with Crippen LogP contribution in [0.25, 0.3) is 0 Å². The van der Waals surface area contributed by atoms with Crippen LogP contribution in [0.2, 0.25) is 0 Å². The molecule has 0 aliphatic heterocycles. The van der Waals surface area contributed by atoms with E-state index < -0.39 is 59.9 Å². The summed E-state index contributed by atoms with van der Waals surface area (Å²) < 4.78 is 63.9. The quantitative estimate of drug-likeness (QED) is 0.519. The van der Waals surface area contributed by atoms with Crippen LogP contribution in [0.15, 0.2) is 11.6 Å². The van der Waals surface area contributed by atoms with Gasteiger partial charge in [0.15, 0.2) is 0 Å². The molecule has 2 nitrogen and oxygen atoms in total. The summed E-state index contributed by atoms with van der Waals surface area (Å²) in [5.41, 5.74) is -0.543. The van der Waals surface area contributed by atoms with Crippen LogP contribution in [0.1, 0.15) is 108 Å². The number of fused-ring (bicyclic) bond motifs is 5. The largest absolute Gasteiger partial charge is 0.393 e. The van der Waals surface area contributed by atoms with Crippen molar-refractivity contribution >= 4 is 0 Å². The lowest BCUT2D eigenvalue weighted by atomic mass is 9.47. The highest BCUT2D eigenvalue weighted by molar-refractivity contribution is 5.25. The Morgan fingerprint density at radius 3 is 2.62 bits per heavy atom. The van der Waals surface area contributed by atoms with Crippen molar-refractivity contribution in [3.8, 4) is 0 Å². The molecule has 0 saturated heterocycles. The standard InChI is InChI=1S/C27H46O2/c1-17(2)25(29)11-6-18(3)22-9-10-23-21-8-7-19-16-20(28)12-14-26(19,4)24(21)13-15-27(22,23)5/h7,17-18,20-25,28-29H,6,8-16H2,1-5H3/t18-,20+,21+,22-,23+,24+,25?,26+,27-/m1/s1/i7D,8D2,9D2,10D2. The van der Waals surface area contributed by atoms with Gasteiger partial charge in [-0.3, -0.25) is 0 Å². The van der Waals surface area contributed by atoms with E-state index in [0.717, 1.165) is 0 Å². The van der Waals surface area contributed by atoms with Gasteiger partial charge in [0.2, 0.25) is 0 Å². The summed E-state index contributed by atoms with van der Waals surface area (Å²) >= 11 is 0. The van der Waals surface area contributed by atoms with Crippen LogP contribution >= 0.6 is 0 Å². The summed E-state index contributed by atoms with van der Waals surface area (Å²) in [6, 6.07) is -0.109. The summed E-state index contributed by atoms with van der Waals surface area (Å²) in [7, 11) is 0. The van der Waals surface area contributed by atoms with Gasteiger partial charge in [-0.25, -0.2) is 0 Å². The zero-order valence-electron chi connectivity index (χ0n) is 26.0. The number of rotatable bonds is 5. The Labute approximate surface area is 189 Å². The van der Waals surface area contributed by atoms with Crippen molar-refractivity contribution in [3.05, 3.63) is 11.6 Å². The van der Waals surface area contributed by atoms with Crippen LogP contribution in [0.4, 0.5) is 0 Å². The highest BCUT2D eigenvalue weighted by Gasteiger charge is 2.59. The minimum absolute atomic E-state index is 0.100. The number of allylic oxidation sites excluding steroid dienone is 1. The first kappa shape index (κ1) is 14.7. The molecule has 4 aliphatic rings. The molecule has 29 heavy (non-hydrogen) atoms. The summed E-state index contributed by atoms with van der Waals surface area (Å²) in [5.74, 6) is -2.53. The van der Waals surface area contributed by atoms with Gasteiger partial charge in [0.1, 0.15) is 0 Å². The van der Waals surface area contributed by atoms with Gasteiger partial charge in [-0.2, -0.15) is 0 Å². The number of hydrogen-bond acceptors (Lipinski definition) is 2. The Balaban J connectivity index is 1.80. The molecule has 4 rings (SSSR count). The molecule has 3 saturated carbocycles. The maximum atomic E-state index is 10.4. The molecule has 166 valence electrons. The smallest absolute Gasteiger partial charge is 0.0577 e. The van der Waals surface area contributed by atoms with Crippen molar-refractivity contribution in [3.63, 3.8) is 0 Å². The van der Waals surface area contributed by atoms with Gasteiger partial charge in [0, 0.05) is 8.22 Å². The first-order valence-electron chi connectivity index (χ1n) is 15.4. The van der Waals surface area contributed by atoms with Gasteiger partial charge in [0.05, 0.1) is 13.6 Å². The van der Waals surface area contributed by atoms with Crippen LogP contribution in [0.5, 0.6) is 0 Å². The molecule has 0 radical (unpaired) electrons. The fourth-order valence-corrected chi connectivity index (χ4v) is 6.98. The van der Waals surface area contributed by atoms with E-state index >= 15 is 0 Å². The molecule has 0 spiro atoms. The van der Waals surface area contributed by atoms with E-state index in [9.17, 15) is 13.0 Å². The van der Waals surface area contributed by atoms with Crippen molar-refractivity contribution in [1.82, 2.24) is 0 Å². The first-order chi connectivity index (χ1) is 16.3. The molecule has 4 aliphatic carbocycles. The molecule has 3 fully saturated rings. The van der Waals surface area contributed by atoms with Crippen molar-refractivity contribution < 1.29 is 19.8 Å². The maximum absolute atomic E-state index is 10.4. The third-order valence-electron chi connectivity index (χ3n) is 9.19. The Morgan fingerprint density at radius 2 is 1.90 bits per heavy atom. The number of hydrogen-bond donors (Lipinski definition) is 2. The molecule has 0 amide bonds. The minimum Gasteiger partial charge on any atom is -0.393 e. The summed E-state index contributed by atoms with van der Waals surface area (Å²) in [6.45, 7) is 9.93. The third-order valence-corrected chi connectivity index (χ3v) is 9.19. The molecular weight excluding hydrogens is 356 g/mol. The maximum Gasteiger partial charge on any atom is 0.0577 e. The van der Waals surface area contributed by atoms with Gasteiger partial charge in [-0.05, 0) is 110 Å². The molecule has 0 heterocycles. The fraction of sp³-hybridized carbons (Fsp3) is 0.926. The van der Waals surface area contributed by atoms with Gasteiger partial charge >= 0.3 is 0 Å². The first-order valence-corrected chi connectivity index (χ1v) is 11.9. The fourth-order valence-electron chi connectivity index (χ4n) is 6.98. The van der Waals surface area contributed by atoms with Crippen molar-refractivity contribution in [2.45, 2.75) is 111 Å². The zero-order chi connectivity index (χ0) is 27.2. The summed E-state index contributed by atoms with van der Waals surface area (Å²) in [6.07, 6.45) is -3.61. The van der Waals surface area contributed by atoms with E-state index in [0.29, 0.717) is 50.5 Å². The lowest BCUT2D eigenvalue weighted by Gasteiger charge is -2.58. The zero-order valence-corrected chi connectivity index (χ0v) is 19.0. The van der Waals surface area contributed by atoms with Crippen LogP contribution in [0.3, 0.4) is 0 Å². The highest BCUT2D eigenvalue weighted by Crippen LogP contribution is 2.67. The van der Waals surface area contributed by atoms with Gasteiger partial charge in [-0.15, -0.1) is 0 Å². The number of aliphatic hydroxyl groups excluding tert-OH is 2. The molecule has 0 aromatic carbocycles. The average Bonchev–Trinajstić information content (AvgIpc) is 2.89. The Morgan fingerprint density at radius 1 is 1.14 bits per heavy atom. The SMILES string of the molecule is [2H]C1=C2C[C@@H](O)CC[C@]2(C)[C@H]2CC[C@@]3(C)[C@H]([C@@H]2C1([2H])[2H])C([2H])([2H])C([2H])([2H])[C@@H]3[C@H](C)CCC(O)C(C)C. The monoisotopic (exact) mass is 409 g/mol. The van der Waals surface area contributed by atoms with Gasteiger partial charge in [0.25, 0.3) is 0 Å². The normalized spacial score (nSPS) is 55.6. The second-order valence-electron chi connectivity index (χ2n) is 11.3. The lowest BCUT2D eigenvalue weighted by molar-refractivity contribution is -0.0579. The molecule has 1 unspecified atom stereocenters. The molecule has 9 atom stereocenters. The Kier molecular flexibility index (Phi) is 4.03. The summed E-state index contributed by atoms with van der Waals surface area (Å²) in [4.78, 5) is 0. The molecule has 0 aromatic heterocycles. The van der Waals surface area contributed by atoms with E-state index in [1.54, 1.807) is 0 Å². The van der Waals surface area contributed by atoms with E-state index in [2.05, 4.69) is 6.92 Å². The van der Waals surface area contributed by atoms with Crippen LogP contribution in [-0.2, 0) is 0 Å². The van der Waals surface area contributed by atoms with Crippen molar-refractivity contribution in [2.24, 2.45) is 46.3 Å². The lowest BCUT2D eigenvalue weighted by Crippen LogP contribution is -2.50. The summed E-state index contributed by atoms with van der Waals surface area (Å²) in [5, 5.41) is 20.7. The van der Waals surface area contributed by atoms with Crippen molar-refractivity contribution in [2.75, 3.05) is 0 Å². The Bertz CT molecular complexity index is 903. The second-order valence-corrected chi connectivity index (χ2v) is 11.3. The highest BCUT2D eigenvalue weighted by atomic mass is 16.3. The average molecular weight is 410 g/mol. The predicted molar refractivity (Wildman–Crippen MR) is 120 cm³/mol. The van der Waals surface area contributed by atoms with Gasteiger partial charge in [-0.1, -0.05) is 46.2 Å². The molecule has 0 bridgehead atoms. The Hall–Kier alpha value is -0.340. The molecule has 2 N–H and O–H groups in total. The van der Waals surface area contributed by atoms with Crippen LogP contribution in [-0.4, -0.2) is 22.4 Å². The van der Waals surface area contributed by atoms with Crippen LogP contribution in [0, 0.1) is 46.3 Å².